The Kier molecular flexibility index (Phi) is 8.79. The number of piperidine rings is 2. The van der Waals surface area contributed by atoms with Gasteiger partial charge in [-0.25, -0.2) is 0 Å². The van der Waals surface area contributed by atoms with E-state index in [1.54, 1.807) is 29.4 Å². The molecule has 2 aliphatic heterocycles. The Morgan fingerprint density at radius 2 is 2.06 bits per heavy atom. The first-order valence-corrected chi connectivity index (χ1v) is 11.5. The van der Waals surface area contributed by atoms with Crippen molar-refractivity contribution in [2.45, 2.75) is 51.0 Å². The van der Waals surface area contributed by atoms with E-state index in [4.69, 9.17) is 0 Å². The second kappa shape index (κ2) is 11.8. The van der Waals surface area contributed by atoms with Crippen LogP contribution < -0.4 is 10.6 Å². The predicted octanol–water partition coefficient (Wildman–Crippen LogP) is 2.38. The molecule has 0 unspecified atom stereocenters. The number of aromatic nitrogens is 1. The largest absolute Gasteiger partial charge is 0.481 e. The van der Waals surface area contributed by atoms with Crippen LogP contribution in [0.15, 0.2) is 25.0 Å². The number of carboxylic acids is 1. The molecule has 1 aromatic rings. The summed E-state index contributed by atoms with van der Waals surface area (Å²) in [6, 6.07) is 1.10. The SMILES string of the molecule is C=Cc1cncc([C@H](CC(=O)O)NC(=O)[C@@H]2CCCN(C(=O)CCC3CCNCC3)C2)c1. The summed E-state index contributed by atoms with van der Waals surface area (Å²) < 4.78 is 0. The van der Waals surface area contributed by atoms with Gasteiger partial charge in [0.1, 0.15) is 0 Å². The summed E-state index contributed by atoms with van der Waals surface area (Å²) in [5.74, 6) is -0.834. The topological polar surface area (TPSA) is 112 Å². The van der Waals surface area contributed by atoms with E-state index < -0.39 is 12.0 Å². The van der Waals surface area contributed by atoms with Crippen molar-refractivity contribution in [2.75, 3.05) is 26.2 Å². The first kappa shape index (κ1) is 23.9. The van der Waals surface area contributed by atoms with Crippen LogP contribution in [0.25, 0.3) is 6.08 Å². The molecule has 8 heteroatoms. The molecule has 2 aliphatic rings. The molecule has 0 aliphatic carbocycles. The molecule has 3 heterocycles. The van der Waals surface area contributed by atoms with E-state index in [0.29, 0.717) is 37.4 Å². The van der Waals surface area contributed by atoms with Gasteiger partial charge >= 0.3 is 5.97 Å². The van der Waals surface area contributed by atoms with Crippen LogP contribution in [0.5, 0.6) is 0 Å². The van der Waals surface area contributed by atoms with Crippen molar-refractivity contribution in [3.63, 3.8) is 0 Å². The summed E-state index contributed by atoms with van der Waals surface area (Å²) in [4.78, 5) is 43.1. The van der Waals surface area contributed by atoms with E-state index in [0.717, 1.165) is 44.3 Å². The molecule has 2 fully saturated rings. The third-order valence-corrected chi connectivity index (χ3v) is 6.48. The highest BCUT2D eigenvalue weighted by molar-refractivity contribution is 5.82. The number of carbonyl (C=O) groups excluding carboxylic acids is 2. The fourth-order valence-electron chi connectivity index (χ4n) is 4.57. The number of nitrogens with zero attached hydrogens (tertiary/aromatic N) is 2. The average Bonchev–Trinajstić information content (AvgIpc) is 2.82. The Balaban J connectivity index is 1.57. The van der Waals surface area contributed by atoms with Gasteiger partial charge in [-0.1, -0.05) is 12.7 Å². The fourth-order valence-corrected chi connectivity index (χ4v) is 4.57. The Morgan fingerprint density at radius 1 is 1.28 bits per heavy atom. The number of nitrogens with one attached hydrogen (secondary N) is 2. The number of carbonyl (C=O) groups is 3. The van der Waals surface area contributed by atoms with Gasteiger partial charge in [0.05, 0.1) is 18.4 Å². The molecule has 2 saturated heterocycles. The summed E-state index contributed by atoms with van der Waals surface area (Å²) in [7, 11) is 0. The molecule has 0 aromatic carbocycles. The molecule has 8 nitrogen and oxygen atoms in total. The molecule has 1 aromatic heterocycles. The lowest BCUT2D eigenvalue weighted by Crippen LogP contribution is -2.46. The maximum Gasteiger partial charge on any atom is 0.305 e. The van der Waals surface area contributed by atoms with E-state index in [1.807, 2.05) is 0 Å². The molecule has 2 amide bonds. The van der Waals surface area contributed by atoms with Crippen LogP contribution in [-0.2, 0) is 14.4 Å². The van der Waals surface area contributed by atoms with Crippen molar-refractivity contribution in [1.82, 2.24) is 20.5 Å². The molecule has 0 radical (unpaired) electrons. The Labute approximate surface area is 189 Å². The van der Waals surface area contributed by atoms with E-state index in [1.165, 1.54) is 0 Å². The quantitative estimate of drug-likeness (QED) is 0.541. The van der Waals surface area contributed by atoms with Crippen molar-refractivity contribution in [2.24, 2.45) is 11.8 Å². The van der Waals surface area contributed by atoms with E-state index in [-0.39, 0.29) is 24.2 Å². The van der Waals surface area contributed by atoms with Gasteiger partial charge in [-0.15, -0.1) is 0 Å². The molecular weight excluding hydrogens is 408 g/mol. The maximum absolute atomic E-state index is 13.0. The summed E-state index contributed by atoms with van der Waals surface area (Å²) >= 11 is 0. The average molecular weight is 443 g/mol. The number of likely N-dealkylation sites (tertiary alicyclic amines) is 1. The number of amides is 2. The zero-order chi connectivity index (χ0) is 22.9. The predicted molar refractivity (Wildman–Crippen MR) is 122 cm³/mol. The second-order valence-electron chi connectivity index (χ2n) is 8.83. The molecule has 32 heavy (non-hydrogen) atoms. The highest BCUT2D eigenvalue weighted by Crippen LogP contribution is 2.24. The Bertz CT molecular complexity index is 822. The number of carboxylic acid groups (broad SMARTS) is 1. The second-order valence-corrected chi connectivity index (χ2v) is 8.83. The molecule has 0 saturated carbocycles. The van der Waals surface area contributed by atoms with Gasteiger partial charge in [0.15, 0.2) is 0 Å². The van der Waals surface area contributed by atoms with E-state index >= 15 is 0 Å². The van der Waals surface area contributed by atoms with Gasteiger partial charge in [0.25, 0.3) is 0 Å². The minimum atomic E-state index is -1.00. The van der Waals surface area contributed by atoms with Crippen molar-refractivity contribution < 1.29 is 19.5 Å². The van der Waals surface area contributed by atoms with Crippen LogP contribution in [0, 0.1) is 11.8 Å². The van der Waals surface area contributed by atoms with Gasteiger partial charge in [-0.3, -0.25) is 19.4 Å². The standard InChI is InChI=1S/C24H34N4O4/c1-2-17-12-20(15-26-14-17)21(13-23(30)31)27-24(32)19-4-3-11-28(16-19)22(29)6-5-18-7-9-25-10-8-18/h2,12,14-15,18-19,21,25H,1,3-11,13,16H2,(H,27,32)(H,30,31)/t19-,21+/m1/s1. The van der Waals surface area contributed by atoms with Crippen molar-refractivity contribution in [1.29, 1.82) is 0 Å². The number of pyridine rings is 1. The smallest absolute Gasteiger partial charge is 0.305 e. The first-order chi connectivity index (χ1) is 15.5. The summed E-state index contributed by atoms with van der Waals surface area (Å²) in [5, 5.41) is 15.6. The fraction of sp³-hybridized carbons (Fsp3) is 0.583. The molecule has 0 bridgehead atoms. The van der Waals surface area contributed by atoms with E-state index in [9.17, 15) is 19.5 Å². The highest BCUT2D eigenvalue weighted by atomic mass is 16.4. The van der Waals surface area contributed by atoms with Gasteiger partial charge in [-0.2, -0.15) is 0 Å². The van der Waals surface area contributed by atoms with Crippen LogP contribution >= 0.6 is 0 Å². The molecule has 174 valence electrons. The number of aliphatic carboxylic acids is 1. The highest BCUT2D eigenvalue weighted by Gasteiger charge is 2.30. The third-order valence-electron chi connectivity index (χ3n) is 6.48. The molecular formula is C24H34N4O4. The van der Waals surface area contributed by atoms with Crippen LogP contribution in [0.3, 0.4) is 0 Å². The summed E-state index contributed by atoms with van der Waals surface area (Å²) in [6.45, 7) is 6.82. The van der Waals surface area contributed by atoms with Gasteiger partial charge < -0.3 is 20.6 Å². The molecule has 3 rings (SSSR count). The minimum absolute atomic E-state index is 0.117. The summed E-state index contributed by atoms with van der Waals surface area (Å²) in [6.07, 6.45) is 9.72. The minimum Gasteiger partial charge on any atom is -0.481 e. The number of rotatable bonds is 9. The zero-order valence-electron chi connectivity index (χ0n) is 18.6. The van der Waals surface area contributed by atoms with Crippen LogP contribution in [-0.4, -0.2) is 59.0 Å². The zero-order valence-corrected chi connectivity index (χ0v) is 18.6. The normalized spacial score (nSPS) is 20.4. The Morgan fingerprint density at radius 3 is 2.78 bits per heavy atom. The molecule has 3 N–H and O–H groups in total. The van der Waals surface area contributed by atoms with Crippen LogP contribution in [0.1, 0.15) is 62.1 Å². The number of hydrogen-bond acceptors (Lipinski definition) is 5. The molecule has 0 spiro atoms. The van der Waals surface area contributed by atoms with Gasteiger partial charge in [0.2, 0.25) is 11.8 Å². The van der Waals surface area contributed by atoms with Gasteiger partial charge in [0, 0.05) is 31.9 Å². The third kappa shape index (κ3) is 6.88. The maximum atomic E-state index is 13.0. The lowest BCUT2D eigenvalue weighted by molar-refractivity contribution is -0.138. The van der Waals surface area contributed by atoms with Crippen molar-refractivity contribution in [3.8, 4) is 0 Å². The van der Waals surface area contributed by atoms with Crippen LogP contribution in [0.2, 0.25) is 0 Å². The molecule has 2 atom stereocenters. The monoisotopic (exact) mass is 442 g/mol. The Hall–Kier alpha value is -2.74. The first-order valence-electron chi connectivity index (χ1n) is 11.5. The summed E-state index contributed by atoms with van der Waals surface area (Å²) in [5.41, 5.74) is 1.39. The van der Waals surface area contributed by atoms with Gasteiger partial charge in [-0.05, 0) is 68.3 Å². The number of hydrogen-bond donors (Lipinski definition) is 3. The lowest BCUT2D eigenvalue weighted by atomic mass is 9.92. The van der Waals surface area contributed by atoms with E-state index in [2.05, 4.69) is 22.2 Å². The van der Waals surface area contributed by atoms with Crippen molar-refractivity contribution >= 4 is 23.9 Å². The van der Waals surface area contributed by atoms with Crippen molar-refractivity contribution in [3.05, 3.63) is 36.2 Å². The van der Waals surface area contributed by atoms with Crippen LogP contribution in [0.4, 0.5) is 0 Å². The lowest BCUT2D eigenvalue weighted by Gasteiger charge is -2.33.